The fourth-order valence-electron chi connectivity index (χ4n) is 2.72. The Hall–Kier alpha value is -0.330. The molecule has 0 N–H and O–H groups in total. The highest BCUT2D eigenvalue weighted by Crippen LogP contribution is 2.10. The Labute approximate surface area is 102 Å². The highest BCUT2D eigenvalue weighted by Gasteiger charge is 2.19. The molecule has 0 spiro atoms. The predicted octanol–water partition coefficient (Wildman–Crippen LogP) is 4.39. The molecule has 0 amide bonds. The van der Waals surface area contributed by atoms with Gasteiger partial charge in [0.05, 0.1) is 0 Å². The number of unbranched alkanes of at least 4 members (excludes halogenated alkanes) is 6. The lowest BCUT2D eigenvalue weighted by Gasteiger charge is -2.02. The van der Waals surface area contributed by atoms with E-state index in [9.17, 15) is 0 Å². The fourth-order valence-corrected chi connectivity index (χ4v) is 2.72. The molecule has 1 nitrogen and oxygen atoms in total. The molecule has 0 aromatic carbocycles. The lowest BCUT2D eigenvalue weighted by molar-refractivity contribution is -0.521. The van der Waals surface area contributed by atoms with Crippen molar-refractivity contribution in [2.75, 3.05) is 13.1 Å². The van der Waals surface area contributed by atoms with Crippen LogP contribution in [0.2, 0.25) is 0 Å². The Morgan fingerprint density at radius 3 is 2.31 bits per heavy atom. The standard InChI is InChI=1S/C15H30N/c1-3-5-6-7-8-9-10-13-16-14-11-12-15(16)4-2/h3-14H2,1-2H3/q+1. The molecule has 0 atom stereocenters. The van der Waals surface area contributed by atoms with Crippen molar-refractivity contribution in [3.05, 3.63) is 0 Å². The lowest BCUT2D eigenvalue weighted by Crippen LogP contribution is -2.16. The van der Waals surface area contributed by atoms with E-state index < -0.39 is 0 Å². The zero-order chi connectivity index (χ0) is 11.6. The van der Waals surface area contributed by atoms with Gasteiger partial charge in [0, 0.05) is 25.7 Å². The van der Waals surface area contributed by atoms with Gasteiger partial charge >= 0.3 is 0 Å². The molecular formula is C15H30N+. The van der Waals surface area contributed by atoms with Gasteiger partial charge in [-0.25, -0.2) is 4.58 Å². The summed E-state index contributed by atoms with van der Waals surface area (Å²) in [6.45, 7) is 7.25. The first kappa shape index (κ1) is 13.7. The van der Waals surface area contributed by atoms with Gasteiger partial charge in [-0.1, -0.05) is 46.0 Å². The molecule has 1 heterocycles. The molecular weight excluding hydrogens is 194 g/mol. The number of hydrogen-bond acceptors (Lipinski definition) is 0. The SMILES string of the molecule is CCCCCCCCC[N+]1=C(CC)CCC1. The van der Waals surface area contributed by atoms with Gasteiger partial charge in [-0.2, -0.15) is 0 Å². The van der Waals surface area contributed by atoms with Crippen LogP contribution in [-0.2, 0) is 0 Å². The highest BCUT2D eigenvalue weighted by atomic mass is 15.0. The van der Waals surface area contributed by atoms with Crippen LogP contribution in [-0.4, -0.2) is 23.4 Å². The zero-order valence-corrected chi connectivity index (χ0v) is 11.4. The smallest absolute Gasteiger partial charge is 0.152 e. The molecule has 1 heteroatoms. The van der Waals surface area contributed by atoms with Crippen LogP contribution >= 0.6 is 0 Å². The first-order valence-electron chi connectivity index (χ1n) is 7.48. The largest absolute Gasteiger partial charge is 0.237 e. The van der Waals surface area contributed by atoms with E-state index in [1.165, 1.54) is 77.3 Å². The summed E-state index contributed by atoms with van der Waals surface area (Å²) in [5.74, 6) is 0. The second-order valence-electron chi connectivity index (χ2n) is 5.13. The fraction of sp³-hybridized carbons (Fsp3) is 0.933. The van der Waals surface area contributed by atoms with E-state index in [-0.39, 0.29) is 0 Å². The third kappa shape index (κ3) is 5.14. The van der Waals surface area contributed by atoms with Crippen molar-refractivity contribution in [1.29, 1.82) is 0 Å². The minimum atomic E-state index is 1.27. The van der Waals surface area contributed by atoms with Gasteiger partial charge in [-0.3, -0.25) is 0 Å². The van der Waals surface area contributed by atoms with Crippen molar-refractivity contribution < 1.29 is 4.58 Å². The maximum atomic E-state index is 2.64. The van der Waals surface area contributed by atoms with Gasteiger partial charge in [-0.05, 0) is 6.42 Å². The van der Waals surface area contributed by atoms with E-state index in [2.05, 4.69) is 18.4 Å². The van der Waals surface area contributed by atoms with Crippen LogP contribution < -0.4 is 0 Å². The molecule has 0 unspecified atom stereocenters. The van der Waals surface area contributed by atoms with Crippen LogP contribution in [0.3, 0.4) is 0 Å². The molecule has 0 aliphatic carbocycles. The van der Waals surface area contributed by atoms with Crippen LogP contribution in [0.1, 0.15) is 78.1 Å². The molecule has 1 aliphatic heterocycles. The van der Waals surface area contributed by atoms with Crippen molar-refractivity contribution in [1.82, 2.24) is 0 Å². The molecule has 0 aromatic heterocycles. The Balaban J connectivity index is 1.98. The number of rotatable bonds is 9. The molecule has 0 radical (unpaired) electrons. The maximum absolute atomic E-state index is 2.64. The Bertz CT molecular complexity index is 205. The maximum Gasteiger partial charge on any atom is 0.152 e. The van der Waals surface area contributed by atoms with Crippen LogP contribution in [0.25, 0.3) is 0 Å². The average molecular weight is 224 g/mol. The van der Waals surface area contributed by atoms with Crippen LogP contribution in [0, 0.1) is 0 Å². The Morgan fingerprint density at radius 1 is 0.938 bits per heavy atom. The quantitative estimate of drug-likeness (QED) is 0.403. The van der Waals surface area contributed by atoms with Crippen molar-refractivity contribution in [3.8, 4) is 0 Å². The van der Waals surface area contributed by atoms with Gasteiger partial charge in [0.25, 0.3) is 0 Å². The molecule has 0 fully saturated rings. The summed E-state index contributed by atoms with van der Waals surface area (Å²) >= 11 is 0. The average Bonchev–Trinajstić information content (AvgIpc) is 2.75. The first-order valence-corrected chi connectivity index (χ1v) is 7.48. The van der Waals surface area contributed by atoms with E-state index in [0.29, 0.717) is 0 Å². The van der Waals surface area contributed by atoms with Crippen LogP contribution in [0.5, 0.6) is 0 Å². The summed E-state index contributed by atoms with van der Waals surface area (Å²) < 4.78 is 2.64. The number of nitrogens with zero attached hydrogens (tertiary/aromatic N) is 1. The second-order valence-corrected chi connectivity index (χ2v) is 5.13. The lowest BCUT2D eigenvalue weighted by atomic mass is 10.1. The third-order valence-electron chi connectivity index (χ3n) is 3.78. The minimum Gasteiger partial charge on any atom is -0.237 e. The normalized spacial score (nSPS) is 16.1. The minimum absolute atomic E-state index is 1.27. The van der Waals surface area contributed by atoms with Crippen molar-refractivity contribution in [3.63, 3.8) is 0 Å². The summed E-state index contributed by atoms with van der Waals surface area (Å²) in [5, 5.41) is 0. The first-order chi connectivity index (χ1) is 7.88. The van der Waals surface area contributed by atoms with Crippen LogP contribution in [0.4, 0.5) is 0 Å². The van der Waals surface area contributed by atoms with Crippen LogP contribution in [0.15, 0.2) is 0 Å². The van der Waals surface area contributed by atoms with Gasteiger partial charge < -0.3 is 0 Å². The van der Waals surface area contributed by atoms with Gasteiger partial charge in [0.1, 0.15) is 13.1 Å². The third-order valence-corrected chi connectivity index (χ3v) is 3.78. The van der Waals surface area contributed by atoms with Crippen molar-refractivity contribution >= 4 is 5.71 Å². The van der Waals surface area contributed by atoms with Gasteiger partial charge in [0.2, 0.25) is 0 Å². The van der Waals surface area contributed by atoms with E-state index in [1.54, 1.807) is 5.71 Å². The summed E-state index contributed by atoms with van der Waals surface area (Å²) in [4.78, 5) is 0. The van der Waals surface area contributed by atoms with E-state index in [1.807, 2.05) is 0 Å². The van der Waals surface area contributed by atoms with Crippen molar-refractivity contribution in [2.45, 2.75) is 78.1 Å². The van der Waals surface area contributed by atoms with Gasteiger partial charge in [-0.15, -0.1) is 0 Å². The molecule has 0 saturated carbocycles. The monoisotopic (exact) mass is 224 g/mol. The van der Waals surface area contributed by atoms with E-state index in [0.717, 1.165) is 0 Å². The topological polar surface area (TPSA) is 3.01 Å². The zero-order valence-electron chi connectivity index (χ0n) is 11.4. The van der Waals surface area contributed by atoms with E-state index >= 15 is 0 Å². The molecule has 0 saturated heterocycles. The summed E-state index contributed by atoms with van der Waals surface area (Å²) in [6, 6.07) is 0. The Kier molecular flexibility index (Phi) is 7.54. The summed E-state index contributed by atoms with van der Waals surface area (Å²) in [6.07, 6.45) is 14.1. The molecule has 1 aliphatic rings. The van der Waals surface area contributed by atoms with E-state index in [4.69, 9.17) is 0 Å². The second kappa shape index (κ2) is 8.78. The molecule has 1 rings (SSSR count). The molecule has 0 aromatic rings. The van der Waals surface area contributed by atoms with Gasteiger partial charge in [0.15, 0.2) is 5.71 Å². The predicted molar refractivity (Wildman–Crippen MR) is 72.5 cm³/mol. The molecule has 16 heavy (non-hydrogen) atoms. The highest BCUT2D eigenvalue weighted by molar-refractivity contribution is 5.80. The Morgan fingerprint density at radius 2 is 1.62 bits per heavy atom. The molecule has 0 bridgehead atoms. The summed E-state index contributed by atoms with van der Waals surface area (Å²) in [5.41, 5.74) is 1.71. The van der Waals surface area contributed by atoms with Crippen molar-refractivity contribution in [2.24, 2.45) is 0 Å². The number of hydrogen-bond donors (Lipinski definition) is 0. The summed E-state index contributed by atoms with van der Waals surface area (Å²) in [7, 11) is 0. The molecule has 94 valence electrons.